The van der Waals surface area contributed by atoms with Crippen LogP contribution >= 0.6 is 0 Å². The van der Waals surface area contributed by atoms with Gasteiger partial charge in [0.15, 0.2) is 5.82 Å². The van der Waals surface area contributed by atoms with Crippen molar-refractivity contribution in [2.45, 2.75) is 40.2 Å². The summed E-state index contributed by atoms with van der Waals surface area (Å²) in [4.78, 5) is 17.3. The summed E-state index contributed by atoms with van der Waals surface area (Å²) in [5.41, 5.74) is 3.96. The van der Waals surface area contributed by atoms with Gasteiger partial charge in [-0.25, -0.2) is 0 Å². The molecule has 1 N–H and O–H groups in total. The summed E-state index contributed by atoms with van der Waals surface area (Å²) in [5.74, 6) is 1.16. The molecule has 140 valence electrons. The molecule has 1 aromatic heterocycles. The lowest BCUT2D eigenvalue weighted by atomic mass is 10.1. The number of nitrogens with zero attached hydrogens (tertiary/aromatic N) is 3. The van der Waals surface area contributed by atoms with Crippen molar-refractivity contribution < 1.29 is 9.32 Å². The number of aromatic nitrogens is 1. The van der Waals surface area contributed by atoms with Crippen molar-refractivity contribution in [3.8, 4) is 0 Å². The van der Waals surface area contributed by atoms with Gasteiger partial charge < -0.3 is 14.7 Å². The Balaban J connectivity index is 1.62. The fourth-order valence-electron chi connectivity index (χ4n) is 3.60. The number of carbonyl (C=O) groups excluding carboxylic acids is 1. The van der Waals surface area contributed by atoms with E-state index in [1.807, 2.05) is 6.92 Å². The van der Waals surface area contributed by atoms with Gasteiger partial charge in [0, 0.05) is 37.9 Å². The third-order valence-corrected chi connectivity index (χ3v) is 5.24. The summed E-state index contributed by atoms with van der Waals surface area (Å²) in [6.45, 7) is 11.8. The van der Waals surface area contributed by atoms with E-state index in [0.717, 1.165) is 32.6 Å². The van der Waals surface area contributed by atoms with Gasteiger partial charge in [0.2, 0.25) is 5.91 Å². The first-order valence-corrected chi connectivity index (χ1v) is 9.29. The molecular weight excluding hydrogens is 328 g/mol. The van der Waals surface area contributed by atoms with Gasteiger partial charge in [0.1, 0.15) is 5.76 Å². The fourth-order valence-corrected chi connectivity index (χ4v) is 3.60. The van der Waals surface area contributed by atoms with Gasteiger partial charge in [0.05, 0.1) is 6.04 Å². The van der Waals surface area contributed by atoms with E-state index in [1.165, 1.54) is 16.8 Å². The number of carbonyl (C=O) groups is 1. The van der Waals surface area contributed by atoms with Gasteiger partial charge in [-0.15, -0.1) is 0 Å². The van der Waals surface area contributed by atoms with Crippen LogP contribution in [0.25, 0.3) is 0 Å². The zero-order chi connectivity index (χ0) is 18.7. The fraction of sp³-hybridized carbons (Fsp3) is 0.500. The van der Waals surface area contributed by atoms with Crippen molar-refractivity contribution in [1.29, 1.82) is 0 Å². The number of rotatable bonds is 5. The molecule has 1 amide bonds. The second-order valence-electron chi connectivity index (χ2n) is 6.98. The third-order valence-electron chi connectivity index (χ3n) is 5.24. The summed E-state index contributed by atoms with van der Waals surface area (Å²) in [5, 5.41) is 6.73. The minimum absolute atomic E-state index is 0.0130. The van der Waals surface area contributed by atoms with Crippen LogP contribution in [0.3, 0.4) is 0 Å². The maximum Gasteiger partial charge on any atom is 0.242 e. The molecule has 26 heavy (non-hydrogen) atoms. The van der Waals surface area contributed by atoms with E-state index in [-0.39, 0.29) is 11.9 Å². The van der Waals surface area contributed by atoms with Gasteiger partial charge in [-0.2, -0.15) is 0 Å². The third kappa shape index (κ3) is 3.90. The van der Waals surface area contributed by atoms with Crippen molar-refractivity contribution in [2.24, 2.45) is 0 Å². The van der Waals surface area contributed by atoms with Crippen LogP contribution in [0.15, 0.2) is 28.8 Å². The van der Waals surface area contributed by atoms with Crippen LogP contribution in [0, 0.1) is 20.8 Å². The number of anilines is 2. The smallest absolute Gasteiger partial charge is 0.242 e. The van der Waals surface area contributed by atoms with Crippen LogP contribution in [0.4, 0.5) is 11.5 Å². The number of amides is 1. The molecule has 1 aromatic carbocycles. The number of hydrogen-bond donors (Lipinski definition) is 1. The second-order valence-corrected chi connectivity index (χ2v) is 6.98. The van der Waals surface area contributed by atoms with E-state index < -0.39 is 0 Å². The van der Waals surface area contributed by atoms with Gasteiger partial charge >= 0.3 is 0 Å². The maximum atomic E-state index is 12.7. The molecule has 0 bridgehead atoms. The first kappa shape index (κ1) is 18.5. The van der Waals surface area contributed by atoms with Crippen molar-refractivity contribution in [1.82, 2.24) is 10.1 Å². The molecule has 6 nitrogen and oxygen atoms in total. The predicted molar refractivity (Wildman–Crippen MR) is 104 cm³/mol. The molecule has 1 atom stereocenters. The molecule has 1 fully saturated rings. The second kappa shape index (κ2) is 7.91. The average molecular weight is 356 g/mol. The summed E-state index contributed by atoms with van der Waals surface area (Å²) in [7, 11) is 0. The van der Waals surface area contributed by atoms with Gasteiger partial charge in [0.25, 0.3) is 0 Å². The Morgan fingerprint density at radius 3 is 2.58 bits per heavy atom. The molecule has 0 saturated carbocycles. The number of hydrogen-bond acceptors (Lipinski definition) is 5. The summed E-state index contributed by atoms with van der Waals surface area (Å²) >= 11 is 0. The highest BCUT2D eigenvalue weighted by molar-refractivity contribution is 5.94. The highest BCUT2D eigenvalue weighted by atomic mass is 16.5. The van der Waals surface area contributed by atoms with Crippen LogP contribution in [0.5, 0.6) is 0 Å². The van der Waals surface area contributed by atoms with E-state index in [9.17, 15) is 4.79 Å². The van der Waals surface area contributed by atoms with E-state index in [2.05, 4.69) is 59.2 Å². The lowest BCUT2D eigenvalue weighted by Gasteiger charge is -2.40. The van der Waals surface area contributed by atoms with Crippen molar-refractivity contribution in [3.63, 3.8) is 0 Å². The van der Waals surface area contributed by atoms with Gasteiger partial charge in [-0.05, 0) is 44.4 Å². The summed E-state index contributed by atoms with van der Waals surface area (Å²) < 4.78 is 5.02. The lowest BCUT2D eigenvalue weighted by Crippen LogP contribution is -2.53. The molecule has 1 aliphatic rings. The number of nitrogens with one attached hydrogen (secondary N) is 1. The van der Waals surface area contributed by atoms with Crippen LogP contribution < -0.4 is 10.2 Å². The molecule has 2 aromatic rings. The number of benzene rings is 1. The first-order chi connectivity index (χ1) is 12.5. The van der Waals surface area contributed by atoms with Gasteiger partial charge in [-0.3, -0.25) is 9.69 Å². The van der Waals surface area contributed by atoms with E-state index in [0.29, 0.717) is 11.6 Å². The molecule has 2 heterocycles. The van der Waals surface area contributed by atoms with E-state index >= 15 is 0 Å². The zero-order valence-corrected chi connectivity index (χ0v) is 16.1. The summed E-state index contributed by atoms with van der Waals surface area (Å²) in [6, 6.07) is 8.05. The van der Waals surface area contributed by atoms with E-state index in [1.54, 1.807) is 6.07 Å². The SMILES string of the molecule is CCC(C(=O)Nc1cc(C)on1)N1CCN(c2cccc(C)c2C)CC1. The minimum atomic E-state index is -0.146. The van der Waals surface area contributed by atoms with Crippen molar-refractivity contribution in [2.75, 3.05) is 36.4 Å². The lowest BCUT2D eigenvalue weighted by molar-refractivity contribution is -0.121. The predicted octanol–water partition coefficient (Wildman–Crippen LogP) is 3.14. The molecule has 1 saturated heterocycles. The molecule has 0 aliphatic carbocycles. The first-order valence-electron chi connectivity index (χ1n) is 9.29. The molecule has 0 spiro atoms. The number of aryl methyl sites for hydroxylation is 2. The van der Waals surface area contributed by atoms with Crippen LogP contribution in [-0.2, 0) is 4.79 Å². The topological polar surface area (TPSA) is 61.6 Å². The highest BCUT2D eigenvalue weighted by Gasteiger charge is 2.28. The average Bonchev–Trinajstić information content (AvgIpc) is 3.03. The Morgan fingerprint density at radius 2 is 1.96 bits per heavy atom. The van der Waals surface area contributed by atoms with Crippen molar-refractivity contribution >= 4 is 17.4 Å². The van der Waals surface area contributed by atoms with Crippen LogP contribution in [-0.4, -0.2) is 48.2 Å². The highest BCUT2D eigenvalue weighted by Crippen LogP contribution is 2.24. The molecule has 1 aliphatic heterocycles. The Kier molecular flexibility index (Phi) is 5.61. The van der Waals surface area contributed by atoms with Crippen LogP contribution in [0.1, 0.15) is 30.2 Å². The standard InChI is InChI=1S/C20H28N4O2/c1-5-17(20(25)21-19-13-15(3)26-22-19)23-9-11-24(12-10-23)18-8-6-7-14(2)16(18)4/h6-8,13,17H,5,9-12H2,1-4H3,(H,21,22,25). The Bertz CT molecular complexity index is 763. The maximum absolute atomic E-state index is 12.7. The monoisotopic (exact) mass is 356 g/mol. The largest absolute Gasteiger partial charge is 0.369 e. The quantitative estimate of drug-likeness (QED) is 0.892. The minimum Gasteiger partial charge on any atom is -0.369 e. The molecule has 3 rings (SSSR count). The van der Waals surface area contributed by atoms with Crippen LogP contribution in [0.2, 0.25) is 0 Å². The van der Waals surface area contributed by atoms with Crippen molar-refractivity contribution in [3.05, 3.63) is 41.2 Å². The van der Waals surface area contributed by atoms with Gasteiger partial charge in [-0.1, -0.05) is 24.2 Å². The molecular formula is C20H28N4O2. The summed E-state index contributed by atoms with van der Waals surface area (Å²) in [6.07, 6.45) is 0.770. The molecule has 0 radical (unpaired) electrons. The Hall–Kier alpha value is -2.34. The zero-order valence-electron chi connectivity index (χ0n) is 16.1. The molecule has 6 heteroatoms. The Labute approximate surface area is 155 Å². The normalized spacial score (nSPS) is 16.5. The Morgan fingerprint density at radius 1 is 1.23 bits per heavy atom. The van der Waals surface area contributed by atoms with E-state index in [4.69, 9.17) is 4.52 Å². The number of piperazine rings is 1. The molecule has 1 unspecified atom stereocenters.